The van der Waals surface area contributed by atoms with Crippen LogP contribution in [0.2, 0.25) is 0 Å². The molecular formula is C15H23Cl2N3O2S. The van der Waals surface area contributed by atoms with Crippen molar-refractivity contribution in [2.75, 3.05) is 13.7 Å². The SMILES string of the molecule is COc1cccc(CNC[C@@H](O)[C@@H](N)Cc2nccs2)c1.Cl.Cl. The van der Waals surface area contributed by atoms with Crippen LogP contribution in [0.25, 0.3) is 0 Å². The zero-order valence-corrected chi connectivity index (χ0v) is 15.3. The van der Waals surface area contributed by atoms with E-state index in [1.54, 1.807) is 24.6 Å². The summed E-state index contributed by atoms with van der Waals surface area (Å²) in [5, 5.41) is 16.1. The molecular weight excluding hydrogens is 357 g/mol. The average molecular weight is 380 g/mol. The zero-order chi connectivity index (χ0) is 15.1. The Balaban J connectivity index is 0.00000242. The van der Waals surface area contributed by atoms with Crippen LogP contribution < -0.4 is 15.8 Å². The molecule has 0 bridgehead atoms. The van der Waals surface area contributed by atoms with Crippen molar-refractivity contribution in [3.05, 3.63) is 46.4 Å². The lowest BCUT2D eigenvalue weighted by molar-refractivity contribution is 0.141. The number of nitrogens with zero attached hydrogens (tertiary/aromatic N) is 1. The minimum absolute atomic E-state index is 0. The summed E-state index contributed by atoms with van der Waals surface area (Å²) in [6.45, 7) is 1.11. The number of methoxy groups -OCH3 is 1. The summed E-state index contributed by atoms with van der Waals surface area (Å²) in [4.78, 5) is 4.18. The highest BCUT2D eigenvalue weighted by molar-refractivity contribution is 7.09. The van der Waals surface area contributed by atoms with Gasteiger partial charge in [0.2, 0.25) is 0 Å². The lowest BCUT2D eigenvalue weighted by Gasteiger charge is -2.18. The molecule has 2 atom stereocenters. The van der Waals surface area contributed by atoms with Gasteiger partial charge in [0.15, 0.2) is 0 Å². The van der Waals surface area contributed by atoms with Gasteiger partial charge in [0.1, 0.15) is 5.75 Å². The van der Waals surface area contributed by atoms with E-state index in [1.165, 1.54) is 0 Å². The summed E-state index contributed by atoms with van der Waals surface area (Å²) in [7, 11) is 1.65. The maximum atomic E-state index is 10.1. The van der Waals surface area contributed by atoms with Crippen LogP contribution in [-0.4, -0.2) is 35.9 Å². The largest absolute Gasteiger partial charge is 0.497 e. The van der Waals surface area contributed by atoms with E-state index in [0.717, 1.165) is 16.3 Å². The van der Waals surface area contributed by atoms with E-state index >= 15 is 0 Å². The third kappa shape index (κ3) is 7.48. The molecule has 0 radical (unpaired) electrons. The first kappa shape index (κ1) is 22.1. The number of benzene rings is 1. The Morgan fingerprint density at radius 2 is 2.17 bits per heavy atom. The van der Waals surface area contributed by atoms with Crippen LogP contribution in [0.3, 0.4) is 0 Å². The Morgan fingerprint density at radius 3 is 2.83 bits per heavy atom. The molecule has 0 aliphatic rings. The van der Waals surface area contributed by atoms with E-state index in [0.29, 0.717) is 19.5 Å². The Bertz CT molecular complexity index is 543. The van der Waals surface area contributed by atoms with Gasteiger partial charge in [-0.25, -0.2) is 4.98 Å². The highest BCUT2D eigenvalue weighted by Crippen LogP contribution is 2.12. The maximum Gasteiger partial charge on any atom is 0.119 e. The number of aliphatic hydroxyl groups is 1. The molecule has 8 heteroatoms. The zero-order valence-electron chi connectivity index (χ0n) is 12.8. The molecule has 0 unspecified atom stereocenters. The molecule has 0 amide bonds. The second-order valence-electron chi connectivity index (χ2n) is 4.84. The minimum atomic E-state index is -0.598. The molecule has 1 aromatic carbocycles. The van der Waals surface area contributed by atoms with Crippen LogP contribution in [-0.2, 0) is 13.0 Å². The van der Waals surface area contributed by atoms with Crippen molar-refractivity contribution in [3.8, 4) is 5.75 Å². The second kappa shape index (κ2) is 11.6. The van der Waals surface area contributed by atoms with Crippen LogP contribution >= 0.6 is 36.2 Å². The monoisotopic (exact) mass is 379 g/mol. The molecule has 0 fully saturated rings. The van der Waals surface area contributed by atoms with Crippen molar-refractivity contribution in [1.82, 2.24) is 10.3 Å². The Kier molecular flexibility index (Phi) is 11.2. The number of hydrogen-bond donors (Lipinski definition) is 3. The van der Waals surface area contributed by atoms with Gasteiger partial charge in [0.05, 0.1) is 18.2 Å². The number of thiazole rings is 1. The van der Waals surface area contributed by atoms with Crippen LogP contribution in [0.5, 0.6) is 5.75 Å². The lowest BCUT2D eigenvalue weighted by Crippen LogP contribution is -2.42. The number of aliphatic hydroxyl groups excluding tert-OH is 1. The van der Waals surface area contributed by atoms with Gasteiger partial charge >= 0.3 is 0 Å². The molecule has 0 aliphatic carbocycles. The molecule has 2 aromatic rings. The molecule has 2 rings (SSSR count). The molecule has 1 aromatic heterocycles. The number of nitrogens with one attached hydrogen (secondary N) is 1. The normalized spacial score (nSPS) is 12.7. The van der Waals surface area contributed by atoms with Crippen molar-refractivity contribution >= 4 is 36.2 Å². The third-order valence-electron chi connectivity index (χ3n) is 3.20. The first-order valence-electron chi connectivity index (χ1n) is 6.84. The summed E-state index contributed by atoms with van der Waals surface area (Å²) in [5.41, 5.74) is 7.10. The second-order valence-corrected chi connectivity index (χ2v) is 5.82. The predicted molar refractivity (Wildman–Crippen MR) is 99.0 cm³/mol. The van der Waals surface area contributed by atoms with Crippen molar-refractivity contribution in [2.24, 2.45) is 5.73 Å². The molecule has 4 N–H and O–H groups in total. The number of aromatic nitrogens is 1. The maximum absolute atomic E-state index is 10.1. The van der Waals surface area contributed by atoms with E-state index in [1.807, 2.05) is 29.6 Å². The van der Waals surface area contributed by atoms with Crippen LogP contribution in [0.15, 0.2) is 35.8 Å². The number of nitrogens with two attached hydrogens (primary N) is 1. The van der Waals surface area contributed by atoms with Crippen LogP contribution in [0.4, 0.5) is 0 Å². The van der Waals surface area contributed by atoms with Gasteiger partial charge in [0, 0.05) is 37.1 Å². The first-order chi connectivity index (χ1) is 10.2. The smallest absolute Gasteiger partial charge is 0.119 e. The molecule has 0 spiro atoms. The topological polar surface area (TPSA) is 80.4 Å². The molecule has 5 nitrogen and oxygen atoms in total. The van der Waals surface area contributed by atoms with Crippen molar-refractivity contribution < 1.29 is 9.84 Å². The van der Waals surface area contributed by atoms with Crippen molar-refractivity contribution in [1.29, 1.82) is 0 Å². The molecule has 0 saturated heterocycles. The standard InChI is InChI=1S/C15H21N3O2S.2ClH/c1-20-12-4-2-3-11(7-12)9-17-10-14(19)13(16)8-15-18-5-6-21-15;;/h2-7,13-14,17,19H,8-10,16H2,1H3;2*1H/t13-,14+;;/m0../s1. The summed E-state index contributed by atoms with van der Waals surface area (Å²) >= 11 is 1.56. The molecule has 0 saturated carbocycles. The fourth-order valence-corrected chi connectivity index (χ4v) is 2.68. The number of ether oxygens (including phenoxy) is 1. The van der Waals surface area contributed by atoms with Crippen molar-refractivity contribution in [2.45, 2.75) is 25.1 Å². The summed E-state index contributed by atoms with van der Waals surface area (Å²) < 4.78 is 5.18. The predicted octanol–water partition coefficient (Wildman–Crippen LogP) is 2.02. The van der Waals surface area contributed by atoms with Crippen LogP contribution in [0.1, 0.15) is 10.6 Å². The first-order valence-corrected chi connectivity index (χ1v) is 7.72. The Morgan fingerprint density at radius 1 is 1.39 bits per heavy atom. The highest BCUT2D eigenvalue weighted by atomic mass is 35.5. The Labute approximate surface area is 153 Å². The van der Waals surface area contributed by atoms with E-state index in [2.05, 4.69) is 10.3 Å². The van der Waals surface area contributed by atoms with E-state index < -0.39 is 6.10 Å². The number of halogens is 2. The van der Waals surface area contributed by atoms with Gasteiger partial charge in [-0.3, -0.25) is 0 Å². The van der Waals surface area contributed by atoms with Gasteiger partial charge in [-0.15, -0.1) is 36.2 Å². The highest BCUT2D eigenvalue weighted by Gasteiger charge is 2.16. The molecule has 130 valence electrons. The molecule has 0 aliphatic heterocycles. The fourth-order valence-electron chi connectivity index (χ4n) is 1.99. The molecule has 23 heavy (non-hydrogen) atoms. The fraction of sp³-hybridized carbons (Fsp3) is 0.400. The van der Waals surface area contributed by atoms with Gasteiger partial charge in [0.25, 0.3) is 0 Å². The van der Waals surface area contributed by atoms with Gasteiger partial charge < -0.3 is 20.9 Å². The number of hydrogen-bond acceptors (Lipinski definition) is 6. The van der Waals surface area contributed by atoms with Gasteiger partial charge in [-0.1, -0.05) is 12.1 Å². The van der Waals surface area contributed by atoms with Gasteiger partial charge in [-0.2, -0.15) is 0 Å². The van der Waals surface area contributed by atoms with Crippen LogP contribution in [0, 0.1) is 0 Å². The average Bonchev–Trinajstić information content (AvgIpc) is 3.00. The summed E-state index contributed by atoms with van der Waals surface area (Å²) in [6, 6.07) is 7.52. The molecule has 1 heterocycles. The third-order valence-corrected chi connectivity index (χ3v) is 4.01. The quantitative estimate of drug-likeness (QED) is 0.653. The lowest BCUT2D eigenvalue weighted by atomic mass is 10.1. The van der Waals surface area contributed by atoms with E-state index in [9.17, 15) is 5.11 Å². The summed E-state index contributed by atoms with van der Waals surface area (Å²) in [5.74, 6) is 0.829. The summed E-state index contributed by atoms with van der Waals surface area (Å²) in [6.07, 6.45) is 1.75. The minimum Gasteiger partial charge on any atom is -0.497 e. The van der Waals surface area contributed by atoms with Gasteiger partial charge in [-0.05, 0) is 17.7 Å². The Hall–Kier alpha value is -0.890. The van der Waals surface area contributed by atoms with E-state index in [4.69, 9.17) is 10.5 Å². The van der Waals surface area contributed by atoms with E-state index in [-0.39, 0.29) is 30.9 Å². The number of rotatable bonds is 8. The van der Waals surface area contributed by atoms with Crippen molar-refractivity contribution in [3.63, 3.8) is 0 Å².